The minimum atomic E-state index is -0.764. The van der Waals surface area contributed by atoms with E-state index in [9.17, 15) is 9.59 Å². The van der Waals surface area contributed by atoms with Gasteiger partial charge in [-0.1, -0.05) is 26.3 Å². The van der Waals surface area contributed by atoms with Gasteiger partial charge in [0, 0.05) is 13.0 Å². The van der Waals surface area contributed by atoms with Crippen molar-refractivity contribution in [2.45, 2.75) is 65.4 Å². The Balaban J connectivity index is 4.05. The van der Waals surface area contributed by atoms with Gasteiger partial charge in [0.15, 0.2) is 6.79 Å². The van der Waals surface area contributed by atoms with Crippen LogP contribution in [0.4, 0.5) is 0 Å². The Morgan fingerprint density at radius 1 is 1.07 bits per heavy atom. The number of esters is 1. The van der Waals surface area contributed by atoms with Crippen LogP contribution in [0.3, 0.4) is 0 Å². The topological polar surface area (TPSA) is 101 Å². The summed E-state index contributed by atoms with van der Waals surface area (Å²) in [5, 5.41) is 8.57. The first-order valence-electron chi connectivity index (χ1n) is 9.72. The second kappa shape index (κ2) is 16.3. The highest BCUT2D eigenvalue weighted by Gasteiger charge is 2.28. The molecule has 0 heterocycles. The van der Waals surface area contributed by atoms with Gasteiger partial charge in [-0.3, -0.25) is 9.59 Å². The van der Waals surface area contributed by atoms with Gasteiger partial charge in [-0.2, -0.15) is 0 Å². The number of hydrogen-bond donors (Lipinski definition) is 1. The Morgan fingerprint density at radius 3 is 2.43 bits per heavy atom. The molecule has 0 aliphatic carbocycles. The maximum atomic E-state index is 12.1. The molecule has 8 heteroatoms. The van der Waals surface area contributed by atoms with Gasteiger partial charge in [0.05, 0.1) is 18.3 Å². The summed E-state index contributed by atoms with van der Waals surface area (Å²) in [6.07, 6.45) is 4.96. The van der Waals surface area contributed by atoms with Crippen LogP contribution in [0.15, 0.2) is 12.8 Å². The van der Waals surface area contributed by atoms with Crippen molar-refractivity contribution in [3.8, 4) is 0 Å². The molecule has 0 saturated carbocycles. The van der Waals surface area contributed by atoms with E-state index in [4.69, 9.17) is 28.8 Å². The molecule has 8 nitrogen and oxygen atoms in total. The lowest BCUT2D eigenvalue weighted by atomic mass is 9.91. The maximum absolute atomic E-state index is 12.1. The summed E-state index contributed by atoms with van der Waals surface area (Å²) in [5.74, 6) is -1.05. The fourth-order valence-electron chi connectivity index (χ4n) is 1.97. The Kier molecular flexibility index (Phi) is 15.4. The number of rotatable bonds is 19. The molecule has 0 aromatic rings. The molecule has 0 aromatic heterocycles. The van der Waals surface area contributed by atoms with Crippen LogP contribution in [-0.2, 0) is 33.3 Å². The van der Waals surface area contributed by atoms with E-state index in [0.29, 0.717) is 19.4 Å². The van der Waals surface area contributed by atoms with Gasteiger partial charge < -0.3 is 28.8 Å². The highest BCUT2D eigenvalue weighted by atomic mass is 16.7. The first-order chi connectivity index (χ1) is 13.3. The van der Waals surface area contributed by atoms with Crippen LogP contribution in [-0.4, -0.2) is 56.6 Å². The zero-order valence-corrected chi connectivity index (χ0v) is 17.4. The molecule has 0 radical (unpaired) electrons. The Labute approximate surface area is 168 Å². The van der Waals surface area contributed by atoms with Crippen LogP contribution < -0.4 is 0 Å². The van der Waals surface area contributed by atoms with Crippen LogP contribution >= 0.6 is 0 Å². The molecule has 0 fully saturated rings. The summed E-state index contributed by atoms with van der Waals surface area (Å²) in [5.41, 5.74) is -0.547. The molecular formula is C20H36O8. The standard InChI is InChI=1S/C20H36O8/c1-5-20(3,4)19(23)27-14-17(13-26-15-24-6-2)28-16-25-12-10-8-7-9-11-18(21)22/h6,17H,2,5,7-16H2,1,3-4H3,(H,21,22). The molecule has 1 unspecified atom stereocenters. The number of hydrogen-bond acceptors (Lipinski definition) is 7. The number of carbonyl (C=O) groups is 2. The third-order valence-electron chi connectivity index (χ3n) is 4.23. The van der Waals surface area contributed by atoms with Crippen molar-refractivity contribution in [2.75, 3.05) is 33.4 Å². The number of carboxylic acids is 1. The number of carboxylic acid groups (broad SMARTS) is 1. The van der Waals surface area contributed by atoms with Crippen LogP contribution in [0.2, 0.25) is 0 Å². The van der Waals surface area contributed by atoms with Gasteiger partial charge in [-0.05, 0) is 33.1 Å². The number of carbonyl (C=O) groups excluding carboxylic acids is 1. The zero-order chi connectivity index (χ0) is 21.3. The van der Waals surface area contributed by atoms with E-state index < -0.39 is 17.5 Å². The fourth-order valence-corrected chi connectivity index (χ4v) is 1.97. The molecule has 0 aromatic carbocycles. The van der Waals surface area contributed by atoms with E-state index in [1.54, 1.807) is 0 Å². The summed E-state index contributed by atoms with van der Waals surface area (Å²) < 4.78 is 26.6. The average molecular weight is 405 g/mol. The van der Waals surface area contributed by atoms with E-state index in [1.165, 1.54) is 6.26 Å². The highest BCUT2D eigenvalue weighted by molar-refractivity contribution is 5.75. The molecule has 0 aliphatic heterocycles. The van der Waals surface area contributed by atoms with Crippen molar-refractivity contribution in [3.05, 3.63) is 12.8 Å². The van der Waals surface area contributed by atoms with Crippen molar-refractivity contribution in [1.82, 2.24) is 0 Å². The van der Waals surface area contributed by atoms with Crippen LogP contribution in [0.1, 0.15) is 59.3 Å². The molecule has 1 N–H and O–H groups in total. The van der Waals surface area contributed by atoms with E-state index in [2.05, 4.69) is 6.58 Å². The largest absolute Gasteiger partial charge is 0.481 e. The van der Waals surface area contributed by atoms with E-state index in [-0.39, 0.29) is 39.2 Å². The van der Waals surface area contributed by atoms with Gasteiger partial charge in [0.1, 0.15) is 19.5 Å². The molecule has 0 aliphatic rings. The predicted molar refractivity (Wildman–Crippen MR) is 104 cm³/mol. The molecule has 1 atom stereocenters. The lowest BCUT2D eigenvalue weighted by Gasteiger charge is -2.23. The molecule has 0 bridgehead atoms. The number of aliphatic carboxylic acids is 1. The monoisotopic (exact) mass is 404 g/mol. The van der Waals surface area contributed by atoms with Crippen molar-refractivity contribution in [3.63, 3.8) is 0 Å². The Bertz CT molecular complexity index is 436. The summed E-state index contributed by atoms with van der Waals surface area (Å²) in [6, 6.07) is 0. The zero-order valence-electron chi connectivity index (χ0n) is 17.4. The first kappa shape index (κ1) is 26.4. The molecule has 28 heavy (non-hydrogen) atoms. The van der Waals surface area contributed by atoms with Gasteiger partial charge in [-0.15, -0.1) is 0 Å². The summed E-state index contributed by atoms with van der Waals surface area (Å²) in [6.45, 7) is 9.88. The minimum Gasteiger partial charge on any atom is -0.481 e. The smallest absolute Gasteiger partial charge is 0.311 e. The summed E-state index contributed by atoms with van der Waals surface area (Å²) in [7, 11) is 0. The van der Waals surface area contributed by atoms with Crippen molar-refractivity contribution < 1.29 is 38.4 Å². The Hall–Kier alpha value is -1.64. The molecule has 0 amide bonds. The van der Waals surface area contributed by atoms with Crippen molar-refractivity contribution in [1.29, 1.82) is 0 Å². The lowest BCUT2D eigenvalue weighted by Crippen LogP contribution is -2.33. The number of unbranched alkanes of at least 4 members (excludes halogenated alkanes) is 3. The van der Waals surface area contributed by atoms with E-state index >= 15 is 0 Å². The quantitative estimate of drug-likeness (QED) is 0.151. The third kappa shape index (κ3) is 14.4. The average Bonchev–Trinajstić information content (AvgIpc) is 2.66. The van der Waals surface area contributed by atoms with Crippen molar-refractivity contribution >= 4 is 11.9 Å². The van der Waals surface area contributed by atoms with E-state index in [0.717, 1.165) is 19.3 Å². The van der Waals surface area contributed by atoms with Gasteiger partial charge in [0.25, 0.3) is 0 Å². The second-order valence-electron chi connectivity index (χ2n) is 7.03. The van der Waals surface area contributed by atoms with Crippen molar-refractivity contribution in [2.24, 2.45) is 5.41 Å². The molecule has 0 saturated heterocycles. The minimum absolute atomic E-state index is 0.0367. The normalized spacial score (nSPS) is 12.4. The van der Waals surface area contributed by atoms with Crippen LogP contribution in [0, 0.1) is 5.41 Å². The maximum Gasteiger partial charge on any atom is 0.311 e. The van der Waals surface area contributed by atoms with Crippen LogP contribution in [0.25, 0.3) is 0 Å². The van der Waals surface area contributed by atoms with E-state index in [1.807, 2.05) is 20.8 Å². The SMILES string of the molecule is C=COCOCC(COC(=O)C(C)(C)CC)OCOCCCCCCC(=O)O. The second-order valence-corrected chi connectivity index (χ2v) is 7.03. The molecule has 0 spiro atoms. The Morgan fingerprint density at radius 2 is 1.79 bits per heavy atom. The number of ether oxygens (including phenoxy) is 5. The lowest BCUT2D eigenvalue weighted by molar-refractivity contribution is -0.170. The molecule has 0 rings (SSSR count). The molecule has 164 valence electrons. The molecular weight excluding hydrogens is 368 g/mol. The summed E-state index contributed by atoms with van der Waals surface area (Å²) >= 11 is 0. The fraction of sp³-hybridized carbons (Fsp3) is 0.800. The van der Waals surface area contributed by atoms with Crippen LogP contribution in [0.5, 0.6) is 0 Å². The van der Waals surface area contributed by atoms with Gasteiger partial charge in [0.2, 0.25) is 0 Å². The third-order valence-corrected chi connectivity index (χ3v) is 4.23. The highest BCUT2D eigenvalue weighted by Crippen LogP contribution is 2.21. The first-order valence-corrected chi connectivity index (χ1v) is 9.72. The van der Waals surface area contributed by atoms with Gasteiger partial charge in [-0.25, -0.2) is 0 Å². The predicted octanol–water partition coefficient (Wildman–Crippen LogP) is 3.49. The summed E-state index contributed by atoms with van der Waals surface area (Å²) in [4.78, 5) is 22.5. The van der Waals surface area contributed by atoms with Gasteiger partial charge >= 0.3 is 11.9 Å².